The summed E-state index contributed by atoms with van der Waals surface area (Å²) in [6.07, 6.45) is 0. The van der Waals surface area contributed by atoms with Gasteiger partial charge in [-0.15, -0.1) is 11.3 Å². The lowest BCUT2D eigenvalue weighted by molar-refractivity contribution is -0.131. The highest BCUT2D eigenvalue weighted by atomic mass is 32.1. The van der Waals surface area contributed by atoms with Crippen molar-refractivity contribution in [3.63, 3.8) is 0 Å². The second kappa shape index (κ2) is 3.55. The van der Waals surface area contributed by atoms with Crippen LogP contribution in [-0.2, 0) is 4.79 Å². The van der Waals surface area contributed by atoms with Gasteiger partial charge in [0.25, 0.3) is 0 Å². The number of phenols is 1. The highest BCUT2D eigenvalue weighted by molar-refractivity contribution is 7.17. The number of rotatable bonds is 1. The Kier molecular flexibility index (Phi) is 2.36. The average molecular weight is 222 g/mol. The minimum atomic E-state index is -0.333. The van der Waals surface area contributed by atoms with Gasteiger partial charge in [-0.3, -0.25) is 4.79 Å². The molecule has 0 amide bonds. The number of thiophene rings is 1. The molecular formula is C11H10O3S. The van der Waals surface area contributed by atoms with E-state index in [1.807, 2.05) is 6.92 Å². The fourth-order valence-electron chi connectivity index (χ4n) is 1.44. The van der Waals surface area contributed by atoms with Crippen LogP contribution in [0.5, 0.6) is 11.5 Å². The molecule has 0 radical (unpaired) electrons. The largest absolute Gasteiger partial charge is 0.508 e. The molecule has 15 heavy (non-hydrogen) atoms. The summed E-state index contributed by atoms with van der Waals surface area (Å²) >= 11 is 1.46. The van der Waals surface area contributed by atoms with Crippen LogP contribution < -0.4 is 4.74 Å². The Morgan fingerprint density at radius 2 is 2.20 bits per heavy atom. The molecule has 0 saturated heterocycles. The number of aryl methyl sites for hydroxylation is 1. The molecule has 0 aliphatic rings. The van der Waals surface area contributed by atoms with E-state index < -0.39 is 0 Å². The van der Waals surface area contributed by atoms with Gasteiger partial charge in [0.15, 0.2) is 0 Å². The molecule has 2 rings (SSSR count). The van der Waals surface area contributed by atoms with Crippen molar-refractivity contribution in [2.24, 2.45) is 0 Å². The number of carbonyl (C=O) groups excluding carboxylic acids is 1. The van der Waals surface area contributed by atoms with Gasteiger partial charge in [0, 0.05) is 28.0 Å². The minimum absolute atomic E-state index is 0.263. The van der Waals surface area contributed by atoms with Gasteiger partial charge in [0.05, 0.1) is 0 Å². The Morgan fingerprint density at radius 1 is 1.47 bits per heavy atom. The van der Waals surface area contributed by atoms with Crippen LogP contribution in [0.2, 0.25) is 0 Å². The number of phenolic OH excluding ortho intramolecular Hbond substituents is 1. The van der Waals surface area contributed by atoms with Crippen LogP contribution in [0.3, 0.4) is 0 Å². The van der Waals surface area contributed by atoms with E-state index >= 15 is 0 Å². The maximum Gasteiger partial charge on any atom is 0.308 e. The van der Waals surface area contributed by atoms with Crippen molar-refractivity contribution < 1.29 is 14.6 Å². The first-order chi connectivity index (χ1) is 7.09. The topological polar surface area (TPSA) is 46.5 Å². The average Bonchev–Trinajstić information content (AvgIpc) is 2.55. The van der Waals surface area contributed by atoms with E-state index in [2.05, 4.69) is 0 Å². The van der Waals surface area contributed by atoms with Crippen molar-refractivity contribution >= 4 is 27.4 Å². The van der Waals surface area contributed by atoms with E-state index in [0.717, 1.165) is 15.6 Å². The van der Waals surface area contributed by atoms with Gasteiger partial charge in [-0.25, -0.2) is 0 Å². The van der Waals surface area contributed by atoms with Gasteiger partial charge < -0.3 is 9.84 Å². The number of benzene rings is 1. The predicted molar refractivity (Wildman–Crippen MR) is 59.5 cm³/mol. The van der Waals surface area contributed by atoms with Gasteiger partial charge in [0.1, 0.15) is 11.5 Å². The van der Waals surface area contributed by atoms with Crippen molar-refractivity contribution in [3.8, 4) is 11.5 Å². The molecule has 3 nitrogen and oxygen atoms in total. The maximum atomic E-state index is 10.8. The van der Waals surface area contributed by atoms with E-state index in [0.29, 0.717) is 5.75 Å². The lowest BCUT2D eigenvalue weighted by Gasteiger charge is -2.01. The minimum Gasteiger partial charge on any atom is -0.508 e. The van der Waals surface area contributed by atoms with Crippen LogP contribution >= 0.6 is 11.3 Å². The van der Waals surface area contributed by atoms with E-state index in [1.165, 1.54) is 18.3 Å². The van der Waals surface area contributed by atoms with Crippen LogP contribution in [0.25, 0.3) is 10.1 Å². The molecule has 0 bridgehead atoms. The lowest BCUT2D eigenvalue weighted by Crippen LogP contribution is -2.00. The second-order valence-corrected chi connectivity index (χ2v) is 4.16. The summed E-state index contributed by atoms with van der Waals surface area (Å²) in [6, 6.07) is 3.36. The standard InChI is InChI=1S/C11H10O3S/c1-6-9(13)4-3-8-10(14-7(2)12)5-15-11(6)8/h3-5,13H,1-2H3. The summed E-state index contributed by atoms with van der Waals surface area (Å²) in [4.78, 5) is 10.8. The molecule has 4 heteroatoms. The summed E-state index contributed by atoms with van der Waals surface area (Å²) < 4.78 is 6.00. The maximum absolute atomic E-state index is 10.8. The Bertz CT molecular complexity index is 528. The first-order valence-electron chi connectivity index (χ1n) is 4.48. The van der Waals surface area contributed by atoms with Crippen molar-refractivity contribution in [2.45, 2.75) is 13.8 Å². The molecule has 0 spiro atoms. The zero-order valence-electron chi connectivity index (χ0n) is 8.40. The summed E-state index contributed by atoms with van der Waals surface area (Å²) in [5.41, 5.74) is 0.816. The predicted octanol–water partition coefficient (Wildman–Crippen LogP) is 2.84. The molecular weight excluding hydrogens is 212 g/mol. The van der Waals surface area contributed by atoms with Crippen LogP contribution in [0.15, 0.2) is 17.5 Å². The first-order valence-corrected chi connectivity index (χ1v) is 5.35. The molecule has 0 fully saturated rings. The lowest BCUT2D eigenvalue weighted by atomic mass is 10.1. The number of hydrogen-bond acceptors (Lipinski definition) is 4. The number of fused-ring (bicyclic) bond motifs is 1. The van der Waals surface area contributed by atoms with E-state index in [9.17, 15) is 9.90 Å². The molecule has 0 unspecified atom stereocenters. The first kappa shape index (κ1) is 9.98. The van der Waals surface area contributed by atoms with E-state index in [1.54, 1.807) is 17.5 Å². The number of hydrogen-bond donors (Lipinski definition) is 1. The van der Waals surface area contributed by atoms with E-state index in [-0.39, 0.29) is 11.7 Å². The zero-order chi connectivity index (χ0) is 11.0. The molecule has 1 aromatic heterocycles. The smallest absolute Gasteiger partial charge is 0.308 e. The fraction of sp³-hybridized carbons (Fsp3) is 0.182. The number of carbonyl (C=O) groups is 1. The summed E-state index contributed by atoms with van der Waals surface area (Å²) in [7, 11) is 0. The van der Waals surface area contributed by atoms with Crippen molar-refractivity contribution in [1.82, 2.24) is 0 Å². The molecule has 0 saturated carbocycles. The molecule has 0 atom stereocenters. The molecule has 0 aliphatic heterocycles. The Labute approximate surface area is 90.9 Å². The molecule has 1 heterocycles. The van der Waals surface area contributed by atoms with Crippen molar-refractivity contribution in [1.29, 1.82) is 0 Å². The van der Waals surface area contributed by atoms with Crippen LogP contribution in [0, 0.1) is 6.92 Å². The fourth-order valence-corrected chi connectivity index (χ4v) is 2.41. The van der Waals surface area contributed by atoms with Crippen molar-refractivity contribution in [3.05, 3.63) is 23.1 Å². The number of ether oxygens (including phenoxy) is 1. The SMILES string of the molecule is CC(=O)Oc1csc2c(C)c(O)ccc12. The van der Waals surface area contributed by atoms with Gasteiger partial charge in [-0.2, -0.15) is 0 Å². The van der Waals surface area contributed by atoms with Gasteiger partial charge in [-0.1, -0.05) is 0 Å². The Morgan fingerprint density at radius 3 is 2.87 bits per heavy atom. The zero-order valence-corrected chi connectivity index (χ0v) is 9.22. The highest BCUT2D eigenvalue weighted by Crippen LogP contribution is 2.37. The second-order valence-electron chi connectivity index (χ2n) is 3.28. The van der Waals surface area contributed by atoms with Crippen LogP contribution in [0.1, 0.15) is 12.5 Å². The highest BCUT2D eigenvalue weighted by Gasteiger charge is 2.10. The molecule has 0 aliphatic carbocycles. The monoisotopic (exact) mass is 222 g/mol. The van der Waals surface area contributed by atoms with Gasteiger partial charge in [0.2, 0.25) is 0 Å². The Balaban J connectivity index is 2.61. The Hall–Kier alpha value is -1.55. The third-order valence-corrected chi connectivity index (χ3v) is 3.27. The number of aromatic hydroxyl groups is 1. The van der Waals surface area contributed by atoms with Gasteiger partial charge >= 0.3 is 5.97 Å². The summed E-state index contributed by atoms with van der Waals surface area (Å²) in [5, 5.41) is 12.1. The number of esters is 1. The summed E-state index contributed by atoms with van der Waals surface area (Å²) in [6.45, 7) is 3.21. The van der Waals surface area contributed by atoms with Crippen LogP contribution in [-0.4, -0.2) is 11.1 Å². The van der Waals surface area contributed by atoms with Gasteiger partial charge in [-0.05, 0) is 19.1 Å². The molecule has 1 aromatic carbocycles. The molecule has 2 aromatic rings. The normalized spacial score (nSPS) is 10.5. The quantitative estimate of drug-likeness (QED) is 0.755. The molecule has 1 N–H and O–H groups in total. The third kappa shape index (κ3) is 1.68. The van der Waals surface area contributed by atoms with Crippen molar-refractivity contribution in [2.75, 3.05) is 0 Å². The third-order valence-electron chi connectivity index (χ3n) is 2.18. The summed E-state index contributed by atoms with van der Waals surface area (Å²) in [5.74, 6) is 0.491. The van der Waals surface area contributed by atoms with E-state index in [4.69, 9.17) is 4.74 Å². The van der Waals surface area contributed by atoms with Crippen LogP contribution in [0.4, 0.5) is 0 Å². The molecule has 78 valence electrons.